The van der Waals surface area contributed by atoms with E-state index in [0.29, 0.717) is 0 Å². The maximum absolute atomic E-state index is 3.77. The summed E-state index contributed by atoms with van der Waals surface area (Å²) in [7, 11) is 0. The van der Waals surface area contributed by atoms with E-state index >= 15 is 0 Å². The fraction of sp³-hybridized carbons (Fsp3) is 0.500. The Hall–Kier alpha value is 0.260. The molecule has 0 spiro atoms. The summed E-state index contributed by atoms with van der Waals surface area (Å²) < 4.78 is 3.16. The zero-order valence-corrected chi connectivity index (χ0v) is 4.97. The van der Waals surface area contributed by atoms with Gasteiger partial charge in [0, 0.05) is 0 Å². The molecule has 5 heavy (non-hydrogen) atoms. The Labute approximate surface area is 40.7 Å². The number of hydrogen-bond acceptors (Lipinski definition) is 2. The molecule has 0 atom stereocenters. The molecule has 0 amide bonds. The minimum atomic E-state index is 0.202. The van der Waals surface area contributed by atoms with Crippen molar-refractivity contribution in [3.8, 4) is 0 Å². The molecule has 2 nitrogen and oxygen atoms in total. The van der Waals surface area contributed by atoms with Crippen LogP contribution < -0.4 is 5.43 Å². The van der Waals surface area contributed by atoms with E-state index in [-0.39, 0.29) is 20.9 Å². The average molecular weight is 184 g/mol. The van der Waals surface area contributed by atoms with Gasteiger partial charge in [0.05, 0.1) is 0 Å². The molecule has 1 rings (SSSR count). The van der Waals surface area contributed by atoms with Crippen molar-refractivity contribution in [3.05, 3.63) is 0 Å². The predicted octanol–water partition coefficient (Wildman–Crippen LogP) is -0.805. The van der Waals surface area contributed by atoms with Gasteiger partial charge in [0.25, 0.3) is 0 Å². The van der Waals surface area contributed by atoms with Crippen LogP contribution in [0.15, 0.2) is 5.10 Å². The van der Waals surface area contributed by atoms with Crippen LogP contribution in [0.1, 0.15) is 0 Å². The van der Waals surface area contributed by atoms with E-state index in [0.717, 1.165) is 4.59 Å². The zero-order valence-electron chi connectivity index (χ0n) is 2.64. The molecule has 0 aromatic rings. The predicted molar refractivity (Wildman–Crippen MR) is 22.2 cm³/mol. The third-order valence-corrected chi connectivity index (χ3v) is 1.94. The average Bonchev–Trinajstić information content (AvgIpc) is 1.76. The van der Waals surface area contributed by atoms with Crippen molar-refractivity contribution in [1.29, 1.82) is 0 Å². The molecule has 0 aromatic heterocycles. The van der Waals surface area contributed by atoms with Crippen molar-refractivity contribution < 1.29 is 0 Å². The summed E-state index contributed by atoms with van der Waals surface area (Å²) in [6.45, 7) is 0. The third-order valence-electron chi connectivity index (χ3n) is 0.366. The second kappa shape index (κ2) is 1.64. The molecule has 0 bridgehead atoms. The van der Waals surface area contributed by atoms with Crippen molar-refractivity contribution in [3.63, 3.8) is 0 Å². The summed E-state index contributed by atoms with van der Waals surface area (Å²) in [5.41, 5.74) is 2.85. The van der Waals surface area contributed by atoms with Gasteiger partial charge in [-0.2, -0.15) is 0 Å². The molecule has 0 saturated carbocycles. The Morgan fingerprint density at radius 2 is 3.00 bits per heavy atom. The van der Waals surface area contributed by atoms with E-state index in [2.05, 4.69) is 10.5 Å². The van der Waals surface area contributed by atoms with Crippen molar-refractivity contribution in [2.75, 3.05) is 4.59 Å². The molecule has 1 aliphatic heterocycles. The molecule has 1 aliphatic rings. The van der Waals surface area contributed by atoms with Crippen LogP contribution in [0.25, 0.3) is 0 Å². The molecule has 28 valence electrons. The number of nitrogens with one attached hydrogen (secondary N) is 1. The van der Waals surface area contributed by atoms with Gasteiger partial charge in [-0.1, -0.05) is 0 Å². The molecule has 0 unspecified atom stereocenters. The number of hydrogen-bond donors (Lipinski definition) is 1. The quantitative estimate of drug-likeness (QED) is 0.489. The SMILES string of the molecule is C1=NNC[Te]1. The van der Waals surface area contributed by atoms with Gasteiger partial charge < -0.3 is 0 Å². The van der Waals surface area contributed by atoms with E-state index < -0.39 is 0 Å². The number of hydrazone groups is 1. The second-order valence-corrected chi connectivity index (χ2v) is 3.08. The van der Waals surface area contributed by atoms with Crippen LogP contribution in [-0.2, 0) is 0 Å². The third kappa shape index (κ3) is 0.786. The van der Waals surface area contributed by atoms with Crippen molar-refractivity contribution >= 4 is 25.2 Å². The summed E-state index contributed by atoms with van der Waals surface area (Å²) in [5.74, 6) is 0. The minimum absolute atomic E-state index is 0.202. The molecular weight excluding hydrogens is 180 g/mol. The van der Waals surface area contributed by atoms with Gasteiger partial charge in [-0.05, 0) is 0 Å². The maximum atomic E-state index is 3.77. The molecule has 0 radical (unpaired) electrons. The Morgan fingerprint density at radius 1 is 2.00 bits per heavy atom. The Bertz CT molecular complexity index is 45.6. The summed E-state index contributed by atoms with van der Waals surface area (Å²) in [5, 5.41) is 3.77. The van der Waals surface area contributed by atoms with Crippen LogP contribution in [0.4, 0.5) is 0 Å². The molecule has 0 saturated heterocycles. The van der Waals surface area contributed by atoms with E-state index in [1.54, 1.807) is 0 Å². The first kappa shape index (κ1) is 3.45. The topological polar surface area (TPSA) is 24.4 Å². The summed E-state index contributed by atoms with van der Waals surface area (Å²) in [6.07, 6.45) is 0. The van der Waals surface area contributed by atoms with Crippen molar-refractivity contribution in [1.82, 2.24) is 5.43 Å². The summed E-state index contributed by atoms with van der Waals surface area (Å²) >= 11 is 0.202. The first-order valence-electron chi connectivity index (χ1n) is 1.36. The first-order chi connectivity index (χ1) is 2.50. The molecular formula is C2H4N2Te. The normalized spacial score (nSPS) is 19.2. The van der Waals surface area contributed by atoms with Crippen molar-refractivity contribution in [2.24, 2.45) is 5.10 Å². The van der Waals surface area contributed by atoms with Gasteiger partial charge >= 0.3 is 40.3 Å². The zero-order chi connectivity index (χ0) is 3.54. The second-order valence-electron chi connectivity index (χ2n) is 0.704. The molecule has 0 fully saturated rings. The van der Waals surface area contributed by atoms with Crippen LogP contribution >= 0.6 is 0 Å². The van der Waals surface area contributed by atoms with Crippen LogP contribution in [-0.4, -0.2) is 29.8 Å². The van der Waals surface area contributed by atoms with Gasteiger partial charge in [-0.15, -0.1) is 0 Å². The van der Waals surface area contributed by atoms with Gasteiger partial charge in [0.2, 0.25) is 0 Å². The fourth-order valence-electron chi connectivity index (χ4n) is 0.186. The molecule has 0 aromatic carbocycles. The Kier molecular flexibility index (Phi) is 1.13. The standard InChI is InChI=1S/C2H4N2Te/c1-3-4-2-5-1/h1,4H,2H2. The molecule has 1 heterocycles. The van der Waals surface area contributed by atoms with Crippen LogP contribution in [0.5, 0.6) is 0 Å². The van der Waals surface area contributed by atoms with Gasteiger partial charge in [-0.25, -0.2) is 0 Å². The van der Waals surface area contributed by atoms with E-state index in [1.165, 1.54) is 0 Å². The first-order valence-corrected chi connectivity index (χ1v) is 4.35. The number of rotatable bonds is 0. The van der Waals surface area contributed by atoms with Crippen LogP contribution in [0, 0.1) is 0 Å². The summed E-state index contributed by atoms with van der Waals surface area (Å²) in [6, 6.07) is 0. The molecule has 1 N–H and O–H groups in total. The number of nitrogens with zero attached hydrogens (tertiary/aromatic N) is 1. The Balaban J connectivity index is 2.32. The van der Waals surface area contributed by atoms with Crippen LogP contribution in [0.3, 0.4) is 0 Å². The fourth-order valence-corrected chi connectivity index (χ4v) is 1.25. The molecule has 3 heteroatoms. The van der Waals surface area contributed by atoms with Crippen LogP contribution in [0.2, 0.25) is 0 Å². The Morgan fingerprint density at radius 3 is 3.20 bits per heavy atom. The summed E-state index contributed by atoms with van der Waals surface area (Å²) in [4.78, 5) is 0. The van der Waals surface area contributed by atoms with E-state index in [9.17, 15) is 0 Å². The monoisotopic (exact) mass is 186 g/mol. The van der Waals surface area contributed by atoms with E-state index in [1.807, 2.05) is 4.26 Å². The molecule has 0 aliphatic carbocycles. The van der Waals surface area contributed by atoms with E-state index in [4.69, 9.17) is 0 Å². The van der Waals surface area contributed by atoms with Crippen molar-refractivity contribution in [2.45, 2.75) is 0 Å². The van der Waals surface area contributed by atoms with Gasteiger partial charge in [0.15, 0.2) is 0 Å². The van der Waals surface area contributed by atoms with Gasteiger partial charge in [0.1, 0.15) is 0 Å². The van der Waals surface area contributed by atoms with Gasteiger partial charge in [-0.3, -0.25) is 0 Å².